The highest BCUT2D eigenvalue weighted by molar-refractivity contribution is 7.92. The molecule has 1 aliphatic rings. The molecule has 0 atom stereocenters. The first-order valence-corrected chi connectivity index (χ1v) is 11.7. The van der Waals surface area contributed by atoms with Crippen LogP contribution >= 0.6 is 11.6 Å². The van der Waals surface area contributed by atoms with Crippen LogP contribution in [0.1, 0.15) is 44.1 Å². The topological polar surface area (TPSA) is 67.2 Å². The van der Waals surface area contributed by atoms with Gasteiger partial charge in [-0.2, -0.15) is 8.42 Å². The quantitative estimate of drug-likeness (QED) is 0.662. The Morgan fingerprint density at radius 2 is 2.00 bits per heavy atom. The van der Waals surface area contributed by atoms with Crippen molar-refractivity contribution in [3.8, 4) is 0 Å². The smallest absolute Gasteiger partial charge is 0.281 e. The fraction of sp³-hybridized carbons (Fsp3) is 0.409. The number of imidazole rings is 1. The van der Waals surface area contributed by atoms with E-state index in [-0.39, 0.29) is 15.6 Å². The lowest BCUT2D eigenvalue weighted by atomic mass is 9.87. The van der Waals surface area contributed by atoms with Gasteiger partial charge in [0.1, 0.15) is 5.82 Å². The molecule has 0 amide bonds. The lowest BCUT2D eigenvalue weighted by molar-refractivity contribution is 0.419. The molecule has 0 radical (unpaired) electrons. The molecule has 0 saturated carbocycles. The molecule has 30 heavy (non-hydrogen) atoms. The van der Waals surface area contributed by atoms with Gasteiger partial charge in [-0.15, -0.1) is 0 Å². The van der Waals surface area contributed by atoms with E-state index in [1.54, 1.807) is 32.2 Å². The minimum Gasteiger partial charge on any atom is -0.309 e. The molecule has 0 unspecified atom stereocenters. The maximum Gasteiger partial charge on any atom is 0.281 e. The molecule has 1 aromatic carbocycles. The van der Waals surface area contributed by atoms with Crippen molar-refractivity contribution in [1.29, 1.82) is 0 Å². The third-order valence-corrected chi connectivity index (χ3v) is 7.01. The Balaban J connectivity index is 1.98. The number of fused-ring (bicyclic) bond motifs is 1. The number of aryl methyl sites for hydroxylation is 1. The van der Waals surface area contributed by atoms with Gasteiger partial charge in [0.25, 0.3) is 10.0 Å². The molecule has 8 heteroatoms. The van der Waals surface area contributed by atoms with Crippen molar-refractivity contribution in [2.24, 2.45) is 0 Å². The summed E-state index contributed by atoms with van der Waals surface area (Å²) in [5.41, 5.74) is 3.94. The lowest BCUT2D eigenvalue weighted by Crippen LogP contribution is -2.17. The maximum atomic E-state index is 13.1. The van der Waals surface area contributed by atoms with Gasteiger partial charge in [-0.3, -0.25) is 9.29 Å². The van der Waals surface area contributed by atoms with E-state index in [4.69, 9.17) is 11.6 Å². The second-order valence-electron chi connectivity index (χ2n) is 8.42. The van der Waals surface area contributed by atoms with Crippen LogP contribution in [-0.2, 0) is 15.4 Å². The van der Waals surface area contributed by atoms with Gasteiger partial charge in [0, 0.05) is 23.8 Å². The van der Waals surface area contributed by atoms with Gasteiger partial charge in [-0.05, 0) is 63.2 Å². The molecule has 0 aliphatic heterocycles. The molecule has 162 valence electrons. The zero-order chi connectivity index (χ0) is 22.3. The van der Waals surface area contributed by atoms with E-state index in [1.165, 1.54) is 15.7 Å². The van der Waals surface area contributed by atoms with Gasteiger partial charge >= 0.3 is 0 Å². The molecule has 6 nitrogen and oxygen atoms in total. The van der Waals surface area contributed by atoms with Crippen LogP contribution in [0.2, 0.25) is 5.15 Å². The van der Waals surface area contributed by atoms with Crippen molar-refractivity contribution < 1.29 is 8.42 Å². The third-order valence-electron chi connectivity index (χ3n) is 5.23. The second kappa shape index (κ2) is 8.21. The number of hydrogen-bond acceptors (Lipinski definition) is 4. The normalized spacial score (nSPS) is 15.7. The van der Waals surface area contributed by atoms with E-state index in [9.17, 15) is 8.42 Å². The van der Waals surface area contributed by atoms with E-state index in [0.29, 0.717) is 11.5 Å². The van der Waals surface area contributed by atoms with Gasteiger partial charge in [0.05, 0.1) is 0 Å². The first-order valence-electron chi connectivity index (χ1n) is 9.87. The monoisotopic (exact) mass is 448 g/mol. The van der Waals surface area contributed by atoms with Crippen LogP contribution in [0.15, 0.2) is 35.4 Å². The summed E-state index contributed by atoms with van der Waals surface area (Å²) in [4.78, 5) is 6.26. The van der Waals surface area contributed by atoms with Crippen molar-refractivity contribution >= 4 is 39.1 Å². The number of benzene rings is 1. The van der Waals surface area contributed by atoms with Crippen LogP contribution in [0.3, 0.4) is 0 Å². The SMILES string of the molecule is C/C=C\n1c(C)nc(Cl)c1S(=O)(=O)Nc1ccc2c(c1)C(CCN(C)C)=CC2(C)C. The fourth-order valence-corrected chi connectivity index (χ4v) is 5.61. The molecular weight excluding hydrogens is 420 g/mol. The summed E-state index contributed by atoms with van der Waals surface area (Å²) in [6.45, 7) is 8.80. The van der Waals surface area contributed by atoms with E-state index in [2.05, 4.69) is 34.5 Å². The predicted molar refractivity (Wildman–Crippen MR) is 124 cm³/mol. The van der Waals surface area contributed by atoms with Crippen LogP contribution < -0.4 is 4.72 Å². The molecule has 1 N–H and O–H groups in total. The van der Waals surface area contributed by atoms with Gasteiger partial charge in [-0.1, -0.05) is 43.7 Å². The molecule has 1 aliphatic carbocycles. The van der Waals surface area contributed by atoms with Crippen LogP contribution in [-0.4, -0.2) is 43.5 Å². The first-order chi connectivity index (χ1) is 14.0. The number of nitrogens with one attached hydrogen (secondary N) is 1. The van der Waals surface area contributed by atoms with Crippen LogP contribution in [0, 0.1) is 6.92 Å². The Morgan fingerprint density at radius 1 is 1.30 bits per heavy atom. The highest BCUT2D eigenvalue weighted by Crippen LogP contribution is 2.43. The Kier molecular flexibility index (Phi) is 6.18. The van der Waals surface area contributed by atoms with Crippen LogP contribution in [0.25, 0.3) is 11.8 Å². The summed E-state index contributed by atoms with van der Waals surface area (Å²) in [6, 6.07) is 5.72. The minimum atomic E-state index is -3.93. The van der Waals surface area contributed by atoms with Crippen molar-refractivity contribution in [1.82, 2.24) is 14.5 Å². The highest BCUT2D eigenvalue weighted by atomic mass is 35.5. The summed E-state index contributed by atoms with van der Waals surface area (Å²) < 4.78 is 30.4. The minimum absolute atomic E-state index is 0.0491. The zero-order valence-corrected chi connectivity index (χ0v) is 19.9. The molecule has 0 bridgehead atoms. The number of aromatic nitrogens is 2. The van der Waals surface area contributed by atoms with Crippen LogP contribution in [0.4, 0.5) is 5.69 Å². The number of anilines is 1. The largest absolute Gasteiger partial charge is 0.309 e. The molecule has 2 aromatic rings. The number of rotatable bonds is 7. The number of nitrogens with zero attached hydrogens (tertiary/aromatic N) is 3. The summed E-state index contributed by atoms with van der Waals surface area (Å²) in [7, 11) is 0.169. The van der Waals surface area contributed by atoms with Crippen molar-refractivity contribution in [3.05, 3.63) is 52.5 Å². The third kappa shape index (κ3) is 4.33. The van der Waals surface area contributed by atoms with Crippen LogP contribution in [0.5, 0.6) is 0 Å². The van der Waals surface area contributed by atoms with Gasteiger partial charge in [0.2, 0.25) is 0 Å². The van der Waals surface area contributed by atoms with Crippen molar-refractivity contribution in [2.45, 2.75) is 44.6 Å². The highest BCUT2D eigenvalue weighted by Gasteiger charge is 2.31. The van der Waals surface area contributed by atoms with Crippen molar-refractivity contribution in [2.75, 3.05) is 25.4 Å². The molecule has 1 aromatic heterocycles. The summed E-state index contributed by atoms with van der Waals surface area (Å²) >= 11 is 6.16. The van der Waals surface area contributed by atoms with Gasteiger partial charge in [-0.25, -0.2) is 4.98 Å². The Labute approximate surface area is 184 Å². The number of hydrogen-bond donors (Lipinski definition) is 1. The van der Waals surface area contributed by atoms with E-state index in [0.717, 1.165) is 18.5 Å². The molecule has 0 saturated heterocycles. The molecule has 1 heterocycles. The fourth-order valence-electron chi connectivity index (χ4n) is 3.84. The average molecular weight is 449 g/mol. The van der Waals surface area contributed by atoms with E-state index in [1.807, 2.05) is 26.2 Å². The maximum absolute atomic E-state index is 13.1. The number of halogens is 1. The molecular formula is C22H29ClN4O2S. The Morgan fingerprint density at radius 3 is 2.63 bits per heavy atom. The lowest BCUT2D eigenvalue weighted by Gasteiger charge is -2.18. The van der Waals surface area contributed by atoms with Crippen molar-refractivity contribution in [3.63, 3.8) is 0 Å². The zero-order valence-electron chi connectivity index (χ0n) is 18.3. The van der Waals surface area contributed by atoms with E-state index >= 15 is 0 Å². The standard InChI is InChI=1S/C22H29ClN4O2S/c1-7-11-27-15(2)24-20(23)21(27)30(28,29)25-17-8-9-19-18(13-17)16(10-12-26(5)6)14-22(19,3)4/h7-9,11,13-14,25H,10,12H2,1-6H3/b11-7-. The predicted octanol–water partition coefficient (Wildman–Crippen LogP) is 4.76. The molecule has 0 spiro atoms. The second-order valence-corrected chi connectivity index (χ2v) is 10.4. The van der Waals surface area contributed by atoms with Gasteiger partial charge < -0.3 is 4.90 Å². The Bertz CT molecular complexity index is 1130. The molecule has 3 rings (SSSR count). The number of sulfonamides is 1. The number of allylic oxidation sites excluding steroid dienone is 2. The van der Waals surface area contributed by atoms with E-state index < -0.39 is 10.0 Å². The average Bonchev–Trinajstić information content (AvgIpc) is 3.05. The summed E-state index contributed by atoms with van der Waals surface area (Å²) in [5, 5.41) is -0.115. The summed E-state index contributed by atoms with van der Waals surface area (Å²) in [5.74, 6) is 0.503. The summed E-state index contributed by atoms with van der Waals surface area (Å²) in [6.07, 6.45) is 6.55. The Hall–Kier alpha value is -2.09. The van der Waals surface area contributed by atoms with Gasteiger partial charge in [0.15, 0.2) is 10.2 Å². The first kappa shape index (κ1) is 22.6. The molecule has 0 fully saturated rings.